The Balaban J connectivity index is 3.00. The molecule has 0 radical (unpaired) electrons. The Labute approximate surface area is 125 Å². The van der Waals surface area contributed by atoms with Crippen LogP contribution in [0.4, 0.5) is 4.39 Å². The first-order valence-electron chi connectivity index (χ1n) is 6.60. The molecule has 0 N–H and O–H groups in total. The van der Waals surface area contributed by atoms with Gasteiger partial charge in [-0.15, -0.1) is 0 Å². The molecular formula is C16H20ClFS. The van der Waals surface area contributed by atoms with Gasteiger partial charge in [0.05, 0.1) is 5.02 Å². The monoisotopic (exact) mass is 298 g/mol. The highest BCUT2D eigenvalue weighted by Crippen LogP contribution is 2.32. The van der Waals surface area contributed by atoms with E-state index in [0.29, 0.717) is 5.56 Å². The van der Waals surface area contributed by atoms with Gasteiger partial charge >= 0.3 is 0 Å². The van der Waals surface area contributed by atoms with Gasteiger partial charge in [0.25, 0.3) is 0 Å². The summed E-state index contributed by atoms with van der Waals surface area (Å²) >= 11 is 11.3. The van der Waals surface area contributed by atoms with Crippen LogP contribution in [-0.2, 0) is 6.42 Å². The van der Waals surface area contributed by atoms with E-state index in [4.69, 9.17) is 23.8 Å². The zero-order valence-corrected chi connectivity index (χ0v) is 13.3. The fourth-order valence-corrected chi connectivity index (χ4v) is 2.53. The normalized spacial score (nSPS) is 12.3. The van der Waals surface area contributed by atoms with Gasteiger partial charge in [-0.05, 0) is 41.2 Å². The summed E-state index contributed by atoms with van der Waals surface area (Å²) in [5, 5.41) is 0.214. The second kappa shape index (κ2) is 7.16. The first-order valence-corrected chi connectivity index (χ1v) is 7.38. The predicted octanol–water partition coefficient (Wildman–Crippen LogP) is 5.86. The summed E-state index contributed by atoms with van der Waals surface area (Å²) in [7, 11) is 0. The summed E-state index contributed by atoms with van der Waals surface area (Å²) in [6.45, 7) is 10.0. The molecule has 0 heterocycles. The molecule has 0 amide bonds. The van der Waals surface area contributed by atoms with E-state index >= 15 is 0 Å². The summed E-state index contributed by atoms with van der Waals surface area (Å²) in [5.41, 5.74) is 2.10. The Morgan fingerprint density at radius 3 is 2.58 bits per heavy atom. The van der Waals surface area contributed by atoms with Gasteiger partial charge in [-0.3, -0.25) is 0 Å². The van der Waals surface area contributed by atoms with Gasteiger partial charge < -0.3 is 0 Å². The molecule has 0 aliphatic heterocycles. The maximum atomic E-state index is 14.3. The van der Waals surface area contributed by atoms with Crippen molar-refractivity contribution in [2.75, 3.05) is 0 Å². The third kappa shape index (κ3) is 3.87. The average Bonchev–Trinajstić information content (AvgIpc) is 2.40. The quantitative estimate of drug-likeness (QED) is 0.593. The van der Waals surface area contributed by atoms with Crippen molar-refractivity contribution in [3.63, 3.8) is 0 Å². The molecule has 1 rings (SSSR count). The number of benzene rings is 1. The fraction of sp³-hybridized carbons (Fsp3) is 0.438. The Hall–Kier alpha value is -0.730. The van der Waals surface area contributed by atoms with Crippen LogP contribution in [0.3, 0.4) is 0 Å². The minimum absolute atomic E-state index is 0.130. The zero-order valence-electron chi connectivity index (χ0n) is 11.7. The summed E-state index contributed by atoms with van der Waals surface area (Å²) in [4.78, 5) is 0.991. The van der Waals surface area contributed by atoms with E-state index in [1.165, 1.54) is 0 Å². The number of allylic oxidation sites excluding steroid dienone is 1. The zero-order chi connectivity index (χ0) is 14.6. The maximum Gasteiger partial charge on any atom is 0.149 e. The molecular weight excluding hydrogens is 279 g/mol. The van der Waals surface area contributed by atoms with Crippen LogP contribution >= 0.6 is 23.8 Å². The number of hydrogen-bond acceptors (Lipinski definition) is 1. The lowest BCUT2D eigenvalue weighted by Crippen LogP contribution is -2.06. The van der Waals surface area contributed by atoms with Crippen LogP contribution in [0, 0.1) is 11.7 Å². The lowest BCUT2D eigenvalue weighted by molar-refractivity contribution is 0.618. The first-order chi connectivity index (χ1) is 8.92. The molecule has 0 bridgehead atoms. The van der Waals surface area contributed by atoms with E-state index < -0.39 is 0 Å². The van der Waals surface area contributed by atoms with Crippen LogP contribution in [0.5, 0.6) is 0 Å². The summed E-state index contributed by atoms with van der Waals surface area (Å²) < 4.78 is 14.3. The largest absolute Gasteiger partial charge is 0.205 e. The van der Waals surface area contributed by atoms with Crippen molar-refractivity contribution in [2.24, 2.45) is 5.92 Å². The average molecular weight is 299 g/mol. The molecule has 0 aliphatic rings. The lowest BCUT2D eigenvalue weighted by Gasteiger charge is -2.17. The molecule has 104 valence electrons. The molecule has 0 saturated carbocycles. The Morgan fingerprint density at radius 1 is 1.42 bits per heavy atom. The number of hydrogen-bond donors (Lipinski definition) is 0. The molecule has 1 aromatic carbocycles. The molecule has 0 aliphatic carbocycles. The maximum absolute atomic E-state index is 14.3. The minimum atomic E-state index is -0.361. The molecule has 1 aromatic rings. The topological polar surface area (TPSA) is 0 Å². The molecule has 0 aromatic heterocycles. The van der Waals surface area contributed by atoms with E-state index in [2.05, 4.69) is 6.58 Å². The van der Waals surface area contributed by atoms with Gasteiger partial charge in [0.2, 0.25) is 0 Å². The summed E-state index contributed by atoms with van der Waals surface area (Å²) in [6, 6.07) is 3.64. The molecule has 0 spiro atoms. The van der Waals surface area contributed by atoms with Crippen LogP contribution in [0.25, 0.3) is 5.57 Å². The van der Waals surface area contributed by atoms with Crippen LogP contribution in [-0.4, -0.2) is 4.86 Å². The van der Waals surface area contributed by atoms with Gasteiger partial charge in [-0.25, -0.2) is 4.39 Å². The first kappa shape index (κ1) is 16.3. The number of aryl methyl sites for hydroxylation is 1. The van der Waals surface area contributed by atoms with Crippen molar-refractivity contribution < 1.29 is 4.39 Å². The van der Waals surface area contributed by atoms with Crippen molar-refractivity contribution in [3.8, 4) is 0 Å². The second-order valence-electron chi connectivity index (χ2n) is 4.78. The highest BCUT2D eigenvalue weighted by atomic mass is 35.5. The van der Waals surface area contributed by atoms with Crippen LogP contribution in [0.1, 0.15) is 44.7 Å². The second-order valence-corrected chi connectivity index (χ2v) is 5.73. The van der Waals surface area contributed by atoms with Crippen molar-refractivity contribution in [3.05, 3.63) is 40.7 Å². The standard InChI is InChI=1S/C16H20ClFS/c1-5-12-7-8-14(16(18)15(12)17)11(4)10(3)9-13(19)6-2/h7-8,10H,4-6,9H2,1-3H3. The van der Waals surface area contributed by atoms with E-state index in [1.54, 1.807) is 6.07 Å². The molecule has 1 unspecified atom stereocenters. The summed E-state index contributed by atoms with van der Waals surface area (Å²) in [5.74, 6) is -0.231. The van der Waals surface area contributed by atoms with Gasteiger partial charge in [0.1, 0.15) is 5.82 Å². The highest BCUT2D eigenvalue weighted by molar-refractivity contribution is 7.80. The van der Waals surface area contributed by atoms with Crippen LogP contribution in [0.15, 0.2) is 18.7 Å². The van der Waals surface area contributed by atoms with Gasteiger partial charge in [0, 0.05) is 5.56 Å². The Bertz CT molecular complexity index is 494. The van der Waals surface area contributed by atoms with Gasteiger partial charge in [-0.2, -0.15) is 0 Å². The van der Waals surface area contributed by atoms with E-state index in [-0.39, 0.29) is 16.8 Å². The molecule has 0 fully saturated rings. The Kier molecular flexibility index (Phi) is 6.15. The number of thiocarbonyl (C=S) groups is 1. The minimum Gasteiger partial charge on any atom is -0.205 e. The smallest absolute Gasteiger partial charge is 0.149 e. The van der Waals surface area contributed by atoms with Gasteiger partial charge in [0.15, 0.2) is 0 Å². The third-order valence-corrected chi connectivity index (χ3v) is 4.28. The number of halogens is 2. The van der Waals surface area contributed by atoms with Crippen LogP contribution < -0.4 is 0 Å². The highest BCUT2D eigenvalue weighted by Gasteiger charge is 2.17. The molecule has 1 atom stereocenters. The predicted molar refractivity (Wildman–Crippen MR) is 86.5 cm³/mol. The van der Waals surface area contributed by atoms with Crippen molar-refractivity contribution in [1.82, 2.24) is 0 Å². The van der Waals surface area contributed by atoms with E-state index in [9.17, 15) is 4.39 Å². The van der Waals surface area contributed by atoms with Crippen molar-refractivity contribution in [2.45, 2.75) is 40.0 Å². The van der Waals surface area contributed by atoms with Gasteiger partial charge in [-0.1, -0.05) is 63.3 Å². The molecule has 19 heavy (non-hydrogen) atoms. The lowest BCUT2D eigenvalue weighted by atomic mass is 9.90. The SMILES string of the molecule is C=C(c1ccc(CC)c(Cl)c1F)C(C)CC(=S)CC. The van der Waals surface area contributed by atoms with E-state index in [0.717, 1.165) is 35.3 Å². The molecule has 0 saturated heterocycles. The summed E-state index contributed by atoms with van der Waals surface area (Å²) in [6.07, 6.45) is 2.35. The van der Waals surface area contributed by atoms with Crippen LogP contribution in [0.2, 0.25) is 5.02 Å². The van der Waals surface area contributed by atoms with Crippen molar-refractivity contribution in [1.29, 1.82) is 0 Å². The Morgan fingerprint density at radius 2 is 2.05 bits per heavy atom. The molecule has 3 heteroatoms. The van der Waals surface area contributed by atoms with Crippen molar-refractivity contribution >= 4 is 34.3 Å². The van der Waals surface area contributed by atoms with E-state index in [1.807, 2.05) is 26.8 Å². The molecule has 0 nitrogen and oxygen atoms in total. The third-order valence-electron chi connectivity index (χ3n) is 3.41. The number of rotatable bonds is 6. The fourth-order valence-electron chi connectivity index (χ4n) is 1.99.